The van der Waals surface area contributed by atoms with E-state index in [1.54, 1.807) is 0 Å². The highest BCUT2D eigenvalue weighted by Gasteiger charge is 2.41. The number of aryl methyl sites for hydroxylation is 1. The molecule has 1 fully saturated rings. The third-order valence-electron chi connectivity index (χ3n) is 3.84. The fourth-order valence-corrected chi connectivity index (χ4v) is 4.82. The third-order valence-corrected chi connectivity index (χ3v) is 5.54. The minimum atomic E-state index is -3.09. The van der Waals surface area contributed by atoms with E-state index in [2.05, 4.69) is 11.0 Å². The number of para-hydroxylation sites is 1. The zero-order valence-electron chi connectivity index (χ0n) is 10.1. The summed E-state index contributed by atoms with van der Waals surface area (Å²) in [5, 5.41) is 9.98. The quantitative estimate of drug-likeness (QED) is 0.809. The second-order valence-corrected chi connectivity index (χ2v) is 7.29. The molecule has 4 nitrogen and oxygen atoms in total. The number of anilines is 1. The summed E-state index contributed by atoms with van der Waals surface area (Å²) in [5.74, 6) is -0.0289. The van der Waals surface area contributed by atoms with Crippen molar-refractivity contribution in [2.45, 2.75) is 25.0 Å². The first kappa shape index (κ1) is 12.0. The molecule has 1 N–H and O–H groups in total. The number of benzene rings is 1. The van der Waals surface area contributed by atoms with Crippen molar-refractivity contribution >= 4 is 15.5 Å². The fraction of sp³-hybridized carbons (Fsp3) is 0.538. The molecule has 0 saturated carbocycles. The van der Waals surface area contributed by atoms with E-state index in [0.29, 0.717) is 0 Å². The zero-order chi connectivity index (χ0) is 12.8. The van der Waals surface area contributed by atoms with Crippen LogP contribution in [0.25, 0.3) is 0 Å². The van der Waals surface area contributed by atoms with Crippen LogP contribution in [0.1, 0.15) is 12.0 Å². The number of hydrogen-bond donors (Lipinski definition) is 1. The number of rotatable bonds is 1. The highest BCUT2D eigenvalue weighted by molar-refractivity contribution is 7.91. The SMILES string of the molecule is O=S1(=O)CC(O)C(N2CCCc3ccccc32)C1. The van der Waals surface area contributed by atoms with Gasteiger partial charge in [-0.25, -0.2) is 8.42 Å². The molecule has 3 rings (SSSR count). The Hall–Kier alpha value is -1.07. The normalized spacial score (nSPS) is 30.2. The molecule has 0 aliphatic carbocycles. The molecule has 18 heavy (non-hydrogen) atoms. The Morgan fingerprint density at radius 2 is 2.00 bits per heavy atom. The van der Waals surface area contributed by atoms with Gasteiger partial charge in [-0.15, -0.1) is 0 Å². The minimum Gasteiger partial charge on any atom is -0.390 e. The van der Waals surface area contributed by atoms with Crippen LogP contribution in [0.2, 0.25) is 0 Å². The van der Waals surface area contributed by atoms with Crippen LogP contribution in [-0.2, 0) is 16.3 Å². The summed E-state index contributed by atoms with van der Waals surface area (Å²) < 4.78 is 23.2. The van der Waals surface area contributed by atoms with Crippen molar-refractivity contribution < 1.29 is 13.5 Å². The van der Waals surface area contributed by atoms with E-state index in [1.165, 1.54) is 5.56 Å². The van der Waals surface area contributed by atoms with Gasteiger partial charge < -0.3 is 10.0 Å². The van der Waals surface area contributed by atoms with Gasteiger partial charge in [-0.1, -0.05) is 18.2 Å². The molecule has 5 heteroatoms. The first-order valence-corrected chi connectivity index (χ1v) is 8.12. The van der Waals surface area contributed by atoms with Crippen LogP contribution < -0.4 is 4.90 Å². The summed E-state index contributed by atoms with van der Waals surface area (Å²) in [5.41, 5.74) is 2.34. The number of aliphatic hydroxyl groups is 1. The first-order valence-electron chi connectivity index (χ1n) is 6.30. The van der Waals surface area contributed by atoms with Crippen molar-refractivity contribution in [3.05, 3.63) is 29.8 Å². The number of sulfone groups is 1. The lowest BCUT2D eigenvalue weighted by molar-refractivity contribution is 0.177. The van der Waals surface area contributed by atoms with Crippen LogP contribution in [0.5, 0.6) is 0 Å². The molecule has 0 spiro atoms. The van der Waals surface area contributed by atoms with Crippen LogP contribution in [0, 0.1) is 0 Å². The van der Waals surface area contributed by atoms with E-state index in [0.717, 1.165) is 25.1 Å². The summed E-state index contributed by atoms with van der Waals surface area (Å²) in [7, 11) is -3.09. The van der Waals surface area contributed by atoms with E-state index in [4.69, 9.17) is 0 Å². The Morgan fingerprint density at radius 1 is 1.22 bits per heavy atom. The van der Waals surface area contributed by atoms with Gasteiger partial charge in [0.1, 0.15) is 0 Å². The smallest absolute Gasteiger partial charge is 0.155 e. The van der Waals surface area contributed by atoms with Crippen LogP contribution in [0.3, 0.4) is 0 Å². The van der Waals surface area contributed by atoms with E-state index in [-0.39, 0.29) is 17.5 Å². The van der Waals surface area contributed by atoms with E-state index in [9.17, 15) is 13.5 Å². The second-order valence-electron chi connectivity index (χ2n) is 5.14. The summed E-state index contributed by atoms with van der Waals surface area (Å²) >= 11 is 0. The van der Waals surface area contributed by atoms with Gasteiger partial charge in [0.2, 0.25) is 0 Å². The maximum atomic E-state index is 11.6. The second kappa shape index (κ2) is 4.24. The molecule has 1 aromatic carbocycles. The van der Waals surface area contributed by atoms with Gasteiger partial charge in [0.15, 0.2) is 9.84 Å². The number of nitrogens with zero attached hydrogens (tertiary/aromatic N) is 1. The fourth-order valence-electron chi connectivity index (χ4n) is 3.02. The largest absolute Gasteiger partial charge is 0.390 e. The average molecular weight is 267 g/mol. The molecule has 2 heterocycles. The maximum Gasteiger partial charge on any atom is 0.155 e. The van der Waals surface area contributed by atoms with Gasteiger partial charge in [-0.2, -0.15) is 0 Å². The van der Waals surface area contributed by atoms with E-state index in [1.807, 2.05) is 18.2 Å². The van der Waals surface area contributed by atoms with Crippen molar-refractivity contribution in [3.8, 4) is 0 Å². The van der Waals surface area contributed by atoms with Crippen LogP contribution in [0.15, 0.2) is 24.3 Å². The first-order chi connectivity index (χ1) is 8.57. The molecule has 2 aliphatic rings. The molecule has 2 unspecified atom stereocenters. The number of hydrogen-bond acceptors (Lipinski definition) is 4. The lowest BCUT2D eigenvalue weighted by atomic mass is 9.99. The Labute approximate surface area is 107 Å². The van der Waals surface area contributed by atoms with E-state index < -0.39 is 15.9 Å². The lowest BCUT2D eigenvalue weighted by Crippen LogP contribution is -2.45. The summed E-state index contributed by atoms with van der Waals surface area (Å²) in [6.45, 7) is 0.828. The van der Waals surface area contributed by atoms with Gasteiger partial charge >= 0.3 is 0 Å². The molecule has 98 valence electrons. The van der Waals surface area contributed by atoms with Gasteiger partial charge in [0.05, 0.1) is 23.7 Å². The maximum absolute atomic E-state index is 11.6. The van der Waals surface area contributed by atoms with Gasteiger partial charge in [-0.05, 0) is 24.5 Å². The summed E-state index contributed by atoms with van der Waals surface area (Å²) in [6.07, 6.45) is 1.28. The monoisotopic (exact) mass is 267 g/mol. The number of aliphatic hydroxyl groups excluding tert-OH is 1. The highest BCUT2D eigenvalue weighted by atomic mass is 32.2. The zero-order valence-corrected chi connectivity index (χ0v) is 10.9. The predicted molar refractivity (Wildman–Crippen MR) is 70.6 cm³/mol. The topological polar surface area (TPSA) is 57.6 Å². The molecule has 2 aliphatic heterocycles. The lowest BCUT2D eigenvalue weighted by Gasteiger charge is -2.37. The molecule has 1 aromatic rings. The van der Waals surface area contributed by atoms with E-state index >= 15 is 0 Å². The molecule has 0 bridgehead atoms. The molecule has 0 amide bonds. The van der Waals surface area contributed by atoms with Crippen LogP contribution >= 0.6 is 0 Å². The third kappa shape index (κ3) is 2.01. The molecule has 0 radical (unpaired) electrons. The summed E-state index contributed by atoms with van der Waals surface area (Å²) in [4.78, 5) is 2.08. The van der Waals surface area contributed by atoms with Crippen molar-refractivity contribution in [2.24, 2.45) is 0 Å². The van der Waals surface area contributed by atoms with Crippen LogP contribution in [-0.4, -0.2) is 43.7 Å². The summed E-state index contributed by atoms with van der Waals surface area (Å²) in [6, 6.07) is 7.79. The Balaban J connectivity index is 1.95. The van der Waals surface area contributed by atoms with Gasteiger partial charge in [-0.3, -0.25) is 0 Å². The van der Waals surface area contributed by atoms with Crippen molar-refractivity contribution in [3.63, 3.8) is 0 Å². The van der Waals surface area contributed by atoms with Crippen molar-refractivity contribution in [1.29, 1.82) is 0 Å². The molecule has 0 aromatic heterocycles. The predicted octanol–water partition coefficient (Wildman–Crippen LogP) is 0.597. The average Bonchev–Trinajstić information content (AvgIpc) is 2.62. The standard InChI is InChI=1S/C13H17NO3S/c15-13-9-18(16,17)8-12(13)14-7-3-5-10-4-1-2-6-11(10)14/h1-2,4,6,12-13,15H,3,5,7-9H2. The number of fused-ring (bicyclic) bond motifs is 1. The minimum absolute atomic E-state index is 0.0719. The van der Waals surface area contributed by atoms with Crippen molar-refractivity contribution in [2.75, 3.05) is 23.0 Å². The molecule has 2 atom stereocenters. The molecular weight excluding hydrogens is 250 g/mol. The van der Waals surface area contributed by atoms with Gasteiger partial charge in [0, 0.05) is 12.2 Å². The van der Waals surface area contributed by atoms with Crippen LogP contribution in [0.4, 0.5) is 5.69 Å². The highest BCUT2D eigenvalue weighted by Crippen LogP contribution is 2.31. The van der Waals surface area contributed by atoms with Gasteiger partial charge in [0.25, 0.3) is 0 Å². The Morgan fingerprint density at radius 3 is 2.72 bits per heavy atom. The molecular formula is C13H17NO3S. The van der Waals surface area contributed by atoms with Crippen molar-refractivity contribution in [1.82, 2.24) is 0 Å². The Bertz CT molecular complexity index is 555. The Kier molecular flexibility index (Phi) is 2.83. The molecule has 1 saturated heterocycles.